The fourth-order valence-electron chi connectivity index (χ4n) is 1.75. The molecule has 2 heterocycles. The average Bonchev–Trinajstić information content (AvgIpc) is 2.87. The molecule has 2 N–H and O–H groups in total. The number of likely N-dealkylation sites (N-methyl/N-ethyl adjacent to an activating group) is 1. The van der Waals surface area contributed by atoms with Crippen LogP contribution in [0.3, 0.4) is 0 Å². The van der Waals surface area contributed by atoms with Crippen molar-refractivity contribution in [3.05, 3.63) is 22.2 Å². The van der Waals surface area contributed by atoms with Crippen LogP contribution >= 0.6 is 22.6 Å². The lowest BCUT2D eigenvalue weighted by Crippen LogP contribution is -2.29. The highest BCUT2D eigenvalue weighted by Crippen LogP contribution is 2.24. The second-order valence-corrected chi connectivity index (χ2v) is 6.27. The van der Waals surface area contributed by atoms with E-state index in [0.717, 1.165) is 21.5 Å². The summed E-state index contributed by atoms with van der Waals surface area (Å²) in [6.45, 7) is 7.10. The summed E-state index contributed by atoms with van der Waals surface area (Å²) in [4.78, 5) is 8.84. The van der Waals surface area contributed by atoms with Gasteiger partial charge in [-0.05, 0) is 56.5 Å². The first-order valence-corrected chi connectivity index (χ1v) is 8.08. The van der Waals surface area contributed by atoms with Crippen LogP contribution in [0.4, 0.5) is 5.95 Å². The number of hydrogen-bond acceptors (Lipinski definition) is 5. The molecule has 6 nitrogen and oxygen atoms in total. The van der Waals surface area contributed by atoms with Crippen molar-refractivity contribution in [3.8, 4) is 11.3 Å². The minimum Gasteiger partial charge on any atom is -0.353 e. The van der Waals surface area contributed by atoms with E-state index in [1.807, 2.05) is 24.0 Å². The molecule has 2 rings (SSSR count). The van der Waals surface area contributed by atoms with Gasteiger partial charge in [-0.15, -0.1) is 0 Å². The Morgan fingerprint density at radius 1 is 1.33 bits per heavy atom. The summed E-state index contributed by atoms with van der Waals surface area (Å²) < 4.78 is 2.91. The third kappa shape index (κ3) is 4.13. The van der Waals surface area contributed by atoms with Crippen LogP contribution < -0.4 is 10.6 Å². The van der Waals surface area contributed by atoms with E-state index in [0.29, 0.717) is 18.0 Å². The van der Waals surface area contributed by atoms with Crippen molar-refractivity contribution in [2.24, 2.45) is 0 Å². The topological polar surface area (TPSA) is 67.7 Å². The summed E-state index contributed by atoms with van der Waals surface area (Å²) in [5, 5.41) is 10.9. The first-order valence-electron chi connectivity index (χ1n) is 7.00. The molecule has 1 atom stereocenters. The molecule has 0 saturated carbocycles. The van der Waals surface area contributed by atoms with E-state index in [1.54, 1.807) is 6.20 Å². The molecule has 7 heteroatoms. The Bertz CT molecular complexity index is 595. The van der Waals surface area contributed by atoms with Gasteiger partial charge in [0.15, 0.2) is 0 Å². The summed E-state index contributed by atoms with van der Waals surface area (Å²) in [5.74, 6) is 0.641. The van der Waals surface area contributed by atoms with Gasteiger partial charge in [0.1, 0.15) is 3.70 Å². The second-order valence-electron chi connectivity index (χ2n) is 5.24. The first-order chi connectivity index (χ1) is 10.0. The molecule has 0 amide bonds. The molecule has 0 spiro atoms. The largest absolute Gasteiger partial charge is 0.353 e. The Balaban J connectivity index is 2.21. The summed E-state index contributed by atoms with van der Waals surface area (Å²) in [7, 11) is 1.94. The molecule has 114 valence electrons. The van der Waals surface area contributed by atoms with Crippen molar-refractivity contribution >= 4 is 28.5 Å². The zero-order valence-corrected chi connectivity index (χ0v) is 14.9. The van der Waals surface area contributed by atoms with Crippen molar-refractivity contribution in [2.45, 2.75) is 32.9 Å². The number of anilines is 1. The highest BCUT2D eigenvalue weighted by Gasteiger charge is 2.12. The number of hydrogen-bond donors (Lipinski definition) is 2. The van der Waals surface area contributed by atoms with E-state index in [4.69, 9.17) is 0 Å². The molecular formula is C14H21IN6. The molecule has 0 saturated heterocycles. The lowest BCUT2D eigenvalue weighted by molar-refractivity contribution is 0.529. The Morgan fingerprint density at radius 3 is 2.71 bits per heavy atom. The van der Waals surface area contributed by atoms with Gasteiger partial charge in [0.05, 0.1) is 11.3 Å². The molecule has 0 aromatic carbocycles. The molecule has 2 aromatic heterocycles. The van der Waals surface area contributed by atoms with Crippen LogP contribution in [0, 0.1) is 3.70 Å². The molecule has 0 unspecified atom stereocenters. The summed E-state index contributed by atoms with van der Waals surface area (Å²) in [6, 6.07) is 2.61. The minimum atomic E-state index is 0.336. The maximum Gasteiger partial charge on any atom is 0.223 e. The van der Waals surface area contributed by atoms with Gasteiger partial charge in [0, 0.05) is 31.0 Å². The standard InChI is InChI=1S/C14H21IN6/c1-9(2)21-8-11(13(15)20-21)12-5-6-17-14(19-12)18-7-10(3)16-4/h5-6,8-10,16H,7H2,1-4H3,(H,17,18,19)/t10-/m0/s1. The third-order valence-electron chi connectivity index (χ3n) is 3.21. The number of nitrogens with one attached hydrogen (secondary N) is 2. The molecule has 0 radical (unpaired) electrons. The molecule has 0 aliphatic carbocycles. The fourth-order valence-corrected chi connectivity index (χ4v) is 2.41. The Hall–Kier alpha value is -1.22. The van der Waals surface area contributed by atoms with Crippen LogP contribution in [-0.4, -0.2) is 39.4 Å². The van der Waals surface area contributed by atoms with Crippen LogP contribution in [0.25, 0.3) is 11.3 Å². The van der Waals surface area contributed by atoms with Gasteiger partial charge in [-0.25, -0.2) is 9.97 Å². The highest BCUT2D eigenvalue weighted by molar-refractivity contribution is 14.1. The predicted molar refractivity (Wildman–Crippen MR) is 93.4 cm³/mol. The quantitative estimate of drug-likeness (QED) is 0.730. The second kappa shape index (κ2) is 7.17. The molecule has 0 aliphatic heterocycles. The molecule has 21 heavy (non-hydrogen) atoms. The van der Waals surface area contributed by atoms with Crippen molar-refractivity contribution in [2.75, 3.05) is 18.9 Å². The van der Waals surface area contributed by atoms with Crippen LogP contribution in [0.15, 0.2) is 18.5 Å². The lowest BCUT2D eigenvalue weighted by atomic mass is 10.2. The van der Waals surface area contributed by atoms with E-state index < -0.39 is 0 Å². The minimum absolute atomic E-state index is 0.336. The summed E-state index contributed by atoms with van der Waals surface area (Å²) >= 11 is 2.24. The highest BCUT2D eigenvalue weighted by atomic mass is 127. The van der Waals surface area contributed by atoms with E-state index in [9.17, 15) is 0 Å². The zero-order valence-electron chi connectivity index (χ0n) is 12.8. The van der Waals surface area contributed by atoms with Gasteiger partial charge in [-0.1, -0.05) is 0 Å². The van der Waals surface area contributed by atoms with Gasteiger partial charge < -0.3 is 10.6 Å². The maximum atomic E-state index is 4.57. The molecule has 0 fully saturated rings. The Kier molecular flexibility index (Phi) is 5.51. The van der Waals surface area contributed by atoms with Crippen LogP contribution in [0.1, 0.15) is 26.8 Å². The van der Waals surface area contributed by atoms with Crippen LogP contribution in [0.5, 0.6) is 0 Å². The van der Waals surface area contributed by atoms with Gasteiger partial charge in [0.25, 0.3) is 0 Å². The monoisotopic (exact) mass is 400 g/mol. The summed E-state index contributed by atoms with van der Waals surface area (Å²) in [6.07, 6.45) is 3.81. The van der Waals surface area contributed by atoms with Crippen molar-refractivity contribution in [3.63, 3.8) is 0 Å². The molecule has 2 aromatic rings. The predicted octanol–water partition coefficient (Wildman–Crippen LogP) is 2.55. The van der Waals surface area contributed by atoms with Gasteiger partial charge >= 0.3 is 0 Å². The van der Waals surface area contributed by atoms with Crippen molar-refractivity contribution in [1.82, 2.24) is 25.1 Å². The molecule has 0 bridgehead atoms. The van der Waals surface area contributed by atoms with Crippen LogP contribution in [0.2, 0.25) is 0 Å². The van der Waals surface area contributed by atoms with Gasteiger partial charge in [-0.3, -0.25) is 4.68 Å². The van der Waals surface area contributed by atoms with E-state index in [-0.39, 0.29) is 0 Å². The number of aromatic nitrogens is 4. The van der Waals surface area contributed by atoms with Crippen molar-refractivity contribution in [1.29, 1.82) is 0 Å². The smallest absolute Gasteiger partial charge is 0.223 e. The number of nitrogens with zero attached hydrogens (tertiary/aromatic N) is 4. The Morgan fingerprint density at radius 2 is 2.10 bits per heavy atom. The average molecular weight is 400 g/mol. The maximum absolute atomic E-state index is 4.57. The normalized spacial score (nSPS) is 12.7. The Labute approximate surface area is 138 Å². The first kappa shape index (κ1) is 16.2. The van der Waals surface area contributed by atoms with E-state index in [1.165, 1.54) is 0 Å². The number of halogens is 1. The SMILES string of the molecule is CN[C@@H](C)CNc1nccc(-c2cn(C(C)C)nc2I)n1. The molecule has 0 aliphatic rings. The van der Waals surface area contributed by atoms with Gasteiger partial charge in [0.2, 0.25) is 5.95 Å². The van der Waals surface area contributed by atoms with Crippen molar-refractivity contribution < 1.29 is 0 Å². The third-order valence-corrected chi connectivity index (χ3v) is 4.00. The summed E-state index contributed by atoms with van der Waals surface area (Å²) in [5.41, 5.74) is 1.93. The van der Waals surface area contributed by atoms with E-state index >= 15 is 0 Å². The zero-order chi connectivity index (χ0) is 15.4. The van der Waals surface area contributed by atoms with E-state index in [2.05, 4.69) is 69.1 Å². The lowest BCUT2D eigenvalue weighted by Gasteiger charge is -2.11. The fraction of sp³-hybridized carbons (Fsp3) is 0.500. The van der Waals surface area contributed by atoms with Gasteiger partial charge in [-0.2, -0.15) is 5.10 Å². The molecular weight excluding hydrogens is 379 g/mol. The number of rotatable bonds is 6. The van der Waals surface area contributed by atoms with Crippen LogP contribution in [-0.2, 0) is 0 Å².